The summed E-state index contributed by atoms with van der Waals surface area (Å²) in [5.74, 6) is -2.54. The van der Waals surface area contributed by atoms with Crippen LogP contribution in [0, 0.1) is 5.92 Å². The topological polar surface area (TPSA) is 107 Å². The zero-order valence-corrected chi connectivity index (χ0v) is 18.2. The minimum atomic E-state index is -5.08. The summed E-state index contributed by atoms with van der Waals surface area (Å²) in [6.07, 6.45) is -4.86. The van der Waals surface area contributed by atoms with Gasteiger partial charge in [-0.2, -0.15) is 17.5 Å². The van der Waals surface area contributed by atoms with Crippen LogP contribution in [-0.4, -0.2) is 80.1 Å². The number of hydrogen-bond donors (Lipinski definition) is 2. The SMILES string of the molecule is CC(C)CN(CCC(=O)N1CCNCC1)S(=O)(=O)c1ccccc1.O=C(O)C(F)(F)F. The van der Waals surface area contributed by atoms with E-state index in [0.717, 1.165) is 13.1 Å². The first-order chi connectivity index (χ1) is 14.4. The summed E-state index contributed by atoms with van der Waals surface area (Å²) in [7, 11) is -3.57. The molecule has 0 aliphatic carbocycles. The Labute approximate surface area is 180 Å². The van der Waals surface area contributed by atoms with Crippen molar-refractivity contribution in [3.05, 3.63) is 30.3 Å². The predicted octanol–water partition coefficient (Wildman–Crippen LogP) is 1.79. The highest BCUT2D eigenvalue weighted by Crippen LogP contribution is 2.17. The minimum Gasteiger partial charge on any atom is -0.475 e. The second kappa shape index (κ2) is 12.0. The lowest BCUT2D eigenvalue weighted by atomic mass is 10.2. The van der Waals surface area contributed by atoms with Crippen LogP contribution in [-0.2, 0) is 19.6 Å². The molecule has 31 heavy (non-hydrogen) atoms. The molecule has 1 heterocycles. The highest BCUT2D eigenvalue weighted by Gasteiger charge is 2.38. The van der Waals surface area contributed by atoms with Gasteiger partial charge in [-0.1, -0.05) is 32.0 Å². The van der Waals surface area contributed by atoms with E-state index in [1.165, 1.54) is 4.31 Å². The van der Waals surface area contributed by atoms with Crippen LogP contribution in [0.5, 0.6) is 0 Å². The predicted molar refractivity (Wildman–Crippen MR) is 108 cm³/mol. The van der Waals surface area contributed by atoms with Gasteiger partial charge in [-0.15, -0.1) is 0 Å². The van der Waals surface area contributed by atoms with E-state index in [0.29, 0.717) is 19.6 Å². The van der Waals surface area contributed by atoms with Gasteiger partial charge in [0.05, 0.1) is 4.90 Å². The Balaban J connectivity index is 0.000000592. The molecule has 1 aliphatic heterocycles. The summed E-state index contributed by atoms with van der Waals surface area (Å²) in [6.45, 7) is 7.55. The van der Waals surface area contributed by atoms with Gasteiger partial charge in [-0.05, 0) is 18.1 Å². The van der Waals surface area contributed by atoms with Crippen molar-refractivity contribution in [1.29, 1.82) is 0 Å². The molecular weight excluding hydrogens is 439 g/mol. The summed E-state index contributed by atoms with van der Waals surface area (Å²) in [5.41, 5.74) is 0. The highest BCUT2D eigenvalue weighted by molar-refractivity contribution is 7.89. The fraction of sp³-hybridized carbons (Fsp3) is 0.579. The van der Waals surface area contributed by atoms with Gasteiger partial charge in [0.25, 0.3) is 0 Å². The van der Waals surface area contributed by atoms with Gasteiger partial charge in [-0.25, -0.2) is 13.2 Å². The standard InChI is InChI=1S/C17H27N3O3S.C2HF3O2/c1-15(2)14-20(24(22,23)16-6-4-3-5-7-16)11-8-17(21)19-12-9-18-10-13-19;3-2(4,5)1(6)7/h3-7,15,18H,8-14H2,1-2H3;(H,6,7). The Morgan fingerprint density at radius 2 is 1.68 bits per heavy atom. The van der Waals surface area contributed by atoms with Gasteiger partial charge in [-0.3, -0.25) is 4.79 Å². The summed E-state index contributed by atoms with van der Waals surface area (Å²) in [6, 6.07) is 8.42. The van der Waals surface area contributed by atoms with Crippen LogP contribution >= 0.6 is 0 Å². The molecule has 0 bridgehead atoms. The first-order valence-corrected chi connectivity index (χ1v) is 11.1. The van der Waals surface area contributed by atoms with E-state index in [4.69, 9.17) is 9.90 Å². The molecule has 1 aromatic rings. The maximum atomic E-state index is 12.8. The number of carbonyl (C=O) groups is 2. The Hall–Kier alpha value is -2.18. The van der Waals surface area contributed by atoms with E-state index in [1.807, 2.05) is 13.8 Å². The van der Waals surface area contributed by atoms with Crippen molar-refractivity contribution in [3.8, 4) is 0 Å². The number of aliphatic carboxylic acids is 1. The van der Waals surface area contributed by atoms with Crippen molar-refractivity contribution in [2.24, 2.45) is 5.92 Å². The number of nitrogens with one attached hydrogen (secondary N) is 1. The molecule has 12 heteroatoms. The van der Waals surface area contributed by atoms with Crippen molar-refractivity contribution in [2.75, 3.05) is 39.3 Å². The maximum Gasteiger partial charge on any atom is 0.490 e. The van der Waals surface area contributed by atoms with Crippen molar-refractivity contribution in [2.45, 2.75) is 31.3 Å². The fourth-order valence-corrected chi connectivity index (χ4v) is 4.38. The lowest BCUT2D eigenvalue weighted by Gasteiger charge is -2.29. The van der Waals surface area contributed by atoms with Crippen LogP contribution in [0.2, 0.25) is 0 Å². The Bertz CT molecular complexity index is 811. The Morgan fingerprint density at radius 3 is 2.13 bits per heavy atom. The quantitative estimate of drug-likeness (QED) is 0.633. The lowest BCUT2D eigenvalue weighted by molar-refractivity contribution is -0.192. The molecule has 176 valence electrons. The third-order valence-electron chi connectivity index (χ3n) is 4.24. The highest BCUT2D eigenvalue weighted by atomic mass is 32.2. The number of nitrogens with zero attached hydrogens (tertiary/aromatic N) is 2. The third kappa shape index (κ3) is 9.23. The largest absolute Gasteiger partial charge is 0.490 e. The number of halogens is 3. The third-order valence-corrected chi connectivity index (χ3v) is 6.12. The maximum absolute atomic E-state index is 12.8. The zero-order chi connectivity index (χ0) is 23.7. The summed E-state index contributed by atoms with van der Waals surface area (Å²) < 4.78 is 58.9. The van der Waals surface area contributed by atoms with Gasteiger partial charge in [0.2, 0.25) is 15.9 Å². The van der Waals surface area contributed by atoms with Crippen molar-refractivity contribution in [1.82, 2.24) is 14.5 Å². The van der Waals surface area contributed by atoms with Crippen LogP contribution < -0.4 is 5.32 Å². The fourth-order valence-electron chi connectivity index (χ4n) is 2.75. The number of piperazine rings is 1. The van der Waals surface area contributed by atoms with E-state index in [-0.39, 0.29) is 29.7 Å². The number of carboxylic acid groups (broad SMARTS) is 1. The average molecular weight is 468 g/mol. The number of carboxylic acids is 1. The smallest absolute Gasteiger partial charge is 0.475 e. The normalized spacial score (nSPS) is 14.9. The van der Waals surface area contributed by atoms with E-state index < -0.39 is 22.2 Å². The van der Waals surface area contributed by atoms with Gasteiger partial charge >= 0.3 is 12.1 Å². The Morgan fingerprint density at radius 1 is 1.16 bits per heavy atom. The number of amides is 1. The number of benzene rings is 1. The average Bonchev–Trinajstić information content (AvgIpc) is 2.71. The molecule has 1 aliphatic rings. The lowest BCUT2D eigenvalue weighted by Crippen LogP contribution is -2.47. The molecule has 0 radical (unpaired) electrons. The van der Waals surface area contributed by atoms with Crippen LogP contribution in [0.15, 0.2) is 35.2 Å². The summed E-state index contributed by atoms with van der Waals surface area (Å²) in [5, 5.41) is 10.3. The van der Waals surface area contributed by atoms with Crippen molar-refractivity contribution in [3.63, 3.8) is 0 Å². The number of hydrogen-bond acceptors (Lipinski definition) is 5. The summed E-state index contributed by atoms with van der Waals surface area (Å²) >= 11 is 0. The second-order valence-corrected chi connectivity index (χ2v) is 9.19. The first-order valence-electron chi connectivity index (χ1n) is 9.69. The number of rotatable bonds is 7. The molecule has 0 unspecified atom stereocenters. The van der Waals surface area contributed by atoms with Gasteiger partial charge in [0.15, 0.2) is 0 Å². The zero-order valence-electron chi connectivity index (χ0n) is 17.4. The monoisotopic (exact) mass is 467 g/mol. The molecule has 1 fully saturated rings. The van der Waals surface area contributed by atoms with E-state index >= 15 is 0 Å². The van der Waals surface area contributed by atoms with E-state index in [2.05, 4.69) is 5.32 Å². The van der Waals surface area contributed by atoms with Gasteiger partial charge in [0.1, 0.15) is 0 Å². The van der Waals surface area contributed by atoms with Gasteiger partial charge < -0.3 is 15.3 Å². The Kier molecular flexibility index (Phi) is 10.4. The van der Waals surface area contributed by atoms with Crippen LogP contribution in [0.4, 0.5) is 13.2 Å². The molecule has 1 saturated heterocycles. The number of sulfonamides is 1. The van der Waals surface area contributed by atoms with Gasteiger partial charge in [0, 0.05) is 45.7 Å². The molecule has 0 spiro atoms. The van der Waals surface area contributed by atoms with Crippen LogP contribution in [0.3, 0.4) is 0 Å². The molecule has 1 amide bonds. The molecular formula is C19H28F3N3O5S. The molecule has 8 nitrogen and oxygen atoms in total. The molecule has 2 N–H and O–H groups in total. The van der Waals surface area contributed by atoms with Crippen molar-refractivity contribution >= 4 is 21.9 Å². The van der Waals surface area contributed by atoms with Crippen LogP contribution in [0.1, 0.15) is 20.3 Å². The number of alkyl halides is 3. The second-order valence-electron chi connectivity index (χ2n) is 7.25. The molecule has 0 aromatic heterocycles. The minimum absolute atomic E-state index is 0.0218. The van der Waals surface area contributed by atoms with Crippen molar-refractivity contribution < 1.29 is 36.3 Å². The van der Waals surface area contributed by atoms with E-state index in [1.54, 1.807) is 35.2 Å². The number of carbonyl (C=O) groups excluding carboxylic acids is 1. The molecule has 0 saturated carbocycles. The first kappa shape index (κ1) is 26.9. The van der Waals surface area contributed by atoms with Crippen LogP contribution in [0.25, 0.3) is 0 Å². The molecule has 2 rings (SSSR count). The molecule has 1 aromatic carbocycles. The van der Waals surface area contributed by atoms with E-state index in [9.17, 15) is 26.4 Å². The summed E-state index contributed by atoms with van der Waals surface area (Å²) in [4.78, 5) is 23.3. The molecule has 0 atom stereocenters.